The maximum Gasteiger partial charge on any atom is 0.351 e. The van der Waals surface area contributed by atoms with Crippen molar-refractivity contribution in [3.05, 3.63) is 23.8 Å². The van der Waals surface area contributed by atoms with Crippen LogP contribution in [-0.2, 0) is 0 Å². The molecule has 0 aromatic heterocycles. The zero-order valence-electron chi connectivity index (χ0n) is 8.71. The molecule has 1 atom stereocenters. The van der Waals surface area contributed by atoms with Crippen molar-refractivity contribution in [3.63, 3.8) is 0 Å². The molecule has 0 spiro atoms. The lowest BCUT2D eigenvalue weighted by atomic mass is 10.1. The van der Waals surface area contributed by atoms with Gasteiger partial charge in [0.05, 0.1) is 14.2 Å². The van der Waals surface area contributed by atoms with E-state index in [1.54, 1.807) is 0 Å². The summed E-state index contributed by atoms with van der Waals surface area (Å²) in [6.45, 7) is 0. The van der Waals surface area contributed by atoms with Gasteiger partial charge in [-0.3, -0.25) is 0 Å². The molecule has 90 valence electrons. The van der Waals surface area contributed by atoms with Crippen molar-refractivity contribution in [1.82, 2.24) is 0 Å². The molecule has 1 N–H and O–H groups in total. The van der Waals surface area contributed by atoms with Crippen LogP contribution in [0.1, 0.15) is 11.7 Å². The number of alkyl halides is 3. The van der Waals surface area contributed by atoms with E-state index >= 15 is 0 Å². The quantitative estimate of drug-likeness (QED) is 0.837. The van der Waals surface area contributed by atoms with E-state index in [2.05, 4.69) is 0 Å². The van der Waals surface area contributed by atoms with Crippen LogP contribution in [0.2, 0.25) is 0 Å². The van der Waals surface area contributed by atoms with Crippen LogP contribution in [0.3, 0.4) is 0 Å². The van der Waals surface area contributed by atoms with Gasteiger partial charge in [-0.15, -0.1) is 0 Å². The summed E-state index contributed by atoms with van der Waals surface area (Å²) in [7, 11) is 2.73. The van der Waals surface area contributed by atoms with Gasteiger partial charge in [-0.05, 0) is 23.7 Å². The van der Waals surface area contributed by atoms with Gasteiger partial charge in [-0.2, -0.15) is 8.78 Å². The highest BCUT2D eigenvalue weighted by Crippen LogP contribution is 2.39. The molecule has 0 aliphatic heterocycles. The van der Waals surface area contributed by atoms with E-state index in [0.29, 0.717) is 5.75 Å². The Morgan fingerprint density at radius 2 is 1.94 bits per heavy atom. The number of aliphatic hydroxyl groups excluding tert-OH is 1. The van der Waals surface area contributed by atoms with Gasteiger partial charge in [0, 0.05) is 11.6 Å². The SMILES string of the molecule is COc1ccc(C(O)C(F)(F)Cl)c(OC)c1. The molecule has 0 fully saturated rings. The lowest BCUT2D eigenvalue weighted by molar-refractivity contribution is -0.0434. The average Bonchev–Trinajstić information content (AvgIpc) is 2.26. The highest BCUT2D eigenvalue weighted by molar-refractivity contribution is 6.22. The number of rotatable bonds is 4. The average molecular weight is 253 g/mol. The van der Waals surface area contributed by atoms with Crippen LogP contribution in [0.25, 0.3) is 0 Å². The van der Waals surface area contributed by atoms with E-state index < -0.39 is 11.5 Å². The first-order valence-electron chi connectivity index (χ1n) is 4.37. The normalized spacial score (nSPS) is 13.4. The Hall–Kier alpha value is -1.07. The fourth-order valence-corrected chi connectivity index (χ4v) is 1.34. The molecule has 1 unspecified atom stereocenters. The van der Waals surface area contributed by atoms with Crippen LogP contribution in [0, 0.1) is 0 Å². The predicted octanol–water partition coefficient (Wildman–Crippen LogP) is 2.57. The standard InChI is InChI=1S/C10H11ClF2O3/c1-15-6-3-4-7(8(5-6)16-2)9(14)10(11,12)13/h3-5,9,14H,1-2H3. The number of ether oxygens (including phenoxy) is 2. The lowest BCUT2D eigenvalue weighted by Crippen LogP contribution is -2.19. The first-order chi connectivity index (χ1) is 7.40. The summed E-state index contributed by atoms with van der Waals surface area (Å²) in [5.74, 6) is 0.526. The molecule has 0 aliphatic rings. The van der Waals surface area contributed by atoms with E-state index in [1.807, 2.05) is 0 Å². The first kappa shape index (κ1) is 13.0. The Labute approximate surface area is 96.5 Å². The maximum atomic E-state index is 12.7. The Balaban J connectivity index is 3.14. The van der Waals surface area contributed by atoms with Crippen LogP contribution in [-0.4, -0.2) is 24.7 Å². The molecule has 0 radical (unpaired) electrons. The number of aliphatic hydroxyl groups is 1. The molecule has 0 heterocycles. The maximum absolute atomic E-state index is 12.7. The Morgan fingerprint density at radius 1 is 1.31 bits per heavy atom. The number of halogens is 3. The molecular formula is C10H11ClF2O3. The fourth-order valence-electron chi connectivity index (χ4n) is 1.22. The monoisotopic (exact) mass is 252 g/mol. The van der Waals surface area contributed by atoms with Crippen LogP contribution >= 0.6 is 11.6 Å². The van der Waals surface area contributed by atoms with Crippen molar-refractivity contribution in [2.75, 3.05) is 14.2 Å². The minimum Gasteiger partial charge on any atom is -0.497 e. The molecule has 0 aliphatic carbocycles. The predicted molar refractivity (Wildman–Crippen MR) is 55.3 cm³/mol. The van der Waals surface area contributed by atoms with Crippen LogP contribution in [0.5, 0.6) is 11.5 Å². The van der Waals surface area contributed by atoms with E-state index in [9.17, 15) is 13.9 Å². The second kappa shape index (κ2) is 4.84. The molecule has 1 aromatic rings. The third-order valence-electron chi connectivity index (χ3n) is 2.05. The van der Waals surface area contributed by atoms with Gasteiger partial charge in [-0.1, -0.05) is 0 Å². The second-order valence-corrected chi connectivity index (χ2v) is 3.56. The van der Waals surface area contributed by atoms with E-state index in [1.165, 1.54) is 32.4 Å². The van der Waals surface area contributed by atoms with Crippen molar-refractivity contribution in [3.8, 4) is 11.5 Å². The van der Waals surface area contributed by atoms with Gasteiger partial charge in [-0.25, -0.2) is 0 Å². The first-order valence-corrected chi connectivity index (χ1v) is 4.74. The summed E-state index contributed by atoms with van der Waals surface area (Å²) in [5, 5.41) is 5.58. The van der Waals surface area contributed by atoms with Gasteiger partial charge in [0.1, 0.15) is 11.5 Å². The van der Waals surface area contributed by atoms with Crippen molar-refractivity contribution >= 4 is 11.6 Å². The van der Waals surface area contributed by atoms with E-state index in [-0.39, 0.29) is 11.3 Å². The number of hydrogen-bond donors (Lipinski definition) is 1. The molecule has 3 nitrogen and oxygen atoms in total. The second-order valence-electron chi connectivity index (χ2n) is 3.05. The molecule has 16 heavy (non-hydrogen) atoms. The molecule has 1 aromatic carbocycles. The Morgan fingerprint density at radius 3 is 2.38 bits per heavy atom. The van der Waals surface area contributed by atoms with Crippen molar-refractivity contribution in [2.45, 2.75) is 11.5 Å². The van der Waals surface area contributed by atoms with Gasteiger partial charge < -0.3 is 14.6 Å². The van der Waals surface area contributed by atoms with E-state index in [0.717, 1.165) is 0 Å². The van der Waals surface area contributed by atoms with E-state index in [4.69, 9.17) is 21.1 Å². The van der Waals surface area contributed by atoms with Crippen LogP contribution < -0.4 is 9.47 Å². The zero-order chi connectivity index (χ0) is 12.3. The van der Waals surface area contributed by atoms with Crippen molar-refractivity contribution < 1.29 is 23.4 Å². The van der Waals surface area contributed by atoms with Gasteiger partial charge >= 0.3 is 5.38 Å². The minimum atomic E-state index is -3.75. The molecule has 0 saturated carbocycles. The molecular weight excluding hydrogens is 242 g/mol. The lowest BCUT2D eigenvalue weighted by Gasteiger charge is -2.19. The van der Waals surface area contributed by atoms with Gasteiger partial charge in [0.15, 0.2) is 6.10 Å². The smallest absolute Gasteiger partial charge is 0.351 e. The van der Waals surface area contributed by atoms with Gasteiger partial charge in [0.2, 0.25) is 0 Å². The highest BCUT2D eigenvalue weighted by Gasteiger charge is 2.38. The summed E-state index contributed by atoms with van der Waals surface area (Å²) in [4.78, 5) is 0. The molecule has 6 heteroatoms. The largest absolute Gasteiger partial charge is 0.497 e. The van der Waals surface area contributed by atoms with Crippen molar-refractivity contribution in [1.29, 1.82) is 0 Å². The minimum absolute atomic E-state index is 0.0900. The summed E-state index contributed by atoms with van der Waals surface area (Å²) in [6, 6.07) is 4.10. The van der Waals surface area contributed by atoms with Crippen LogP contribution in [0.4, 0.5) is 8.78 Å². The number of methoxy groups -OCH3 is 2. The Bertz CT molecular complexity index is 366. The number of hydrogen-bond acceptors (Lipinski definition) is 3. The third-order valence-corrected chi connectivity index (χ3v) is 2.25. The van der Waals surface area contributed by atoms with Gasteiger partial charge in [0.25, 0.3) is 0 Å². The molecule has 0 amide bonds. The summed E-state index contributed by atoms with van der Waals surface area (Å²) in [5.41, 5.74) is -0.0942. The highest BCUT2D eigenvalue weighted by atomic mass is 35.5. The van der Waals surface area contributed by atoms with Crippen LogP contribution in [0.15, 0.2) is 18.2 Å². The zero-order valence-corrected chi connectivity index (χ0v) is 9.46. The third kappa shape index (κ3) is 2.74. The van der Waals surface area contributed by atoms with Crippen molar-refractivity contribution in [2.24, 2.45) is 0 Å². The molecule has 0 bridgehead atoms. The topological polar surface area (TPSA) is 38.7 Å². The Kier molecular flexibility index (Phi) is 3.93. The summed E-state index contributed by atoms with van der Waals surface area (Å²) >= 11 is 4.75. The number of benzene rings is 1. The fraction of sp³-hybridized carbons (Fsp3) is 0.400. The summed E-state index contributed by atoms with van der Waals surface area (Å²) < 4.78 is 35.2. The molecule has 1 rings (SSSR count). The molecule has 0 saturated heterocycles. The summed E-state index contributed by atoms with van der Waals surface area (Å²) in [6.07, 6.45) is -2.13.